The fraction of sp³-hybridized carbons (Fsp3) is 0.455. The molecule has 0 aliphatic rings. The zero-order chi connectivity index (χ0) is 11.3. The van der Waals surface area contributed by atoms with Gasteiger partial charge in [0, 0.05) is 15.7 Å². The topological polar surface area (TPSA) is 58.3 Å². The van der Waals surface area contributed by atoms with Crippen LogP contribution >= 0.6 is 22.6 Å². The lowest BCUT2D eigenvalue weighted by atomic mass is 10.1. The van der Waals surface area contributed by atoms with Gasteiger partial charge in [-0.1, -0.05) is 0 Å². The molecule has 84 valence electrons. The third-order valence-electron chi connectivity index (χ3n) is 2.22. The molecule has 0 aliphatic heterocycles. The molecule has 0 amide bonds. The average Bonchev–Trinajstić information content (AvgIpc) is 2.19. The van der Waals surface area contributed by atoms with Crippen LogP contribution < -0.4 is 11.1 Å². The summed E-state index contributed by atoms with van der Waals surface area (Å²) in [4.78, 5) is 0. The molecule has 1 aromatic rings. The number of hydrogen-bond acceptors (Lipinski definition) is 3. The van der Waals surface area contributed by atoms with E-state index >= 15 is 0 Å². The molecule has 0 saturated carbocycles. The van der Waals surface area contributed by atoms with E-state index in [1.54, 1.807) is 0 Å². The smallest absolute Gasteiger partial charge is 0.123 e. The molecule has 0 unspecified atom stereocenters. The Bertz CT molecular complexity index is 329. The highest BCUT2D eigenvalue weighted by molar-refractivity contribution is 14.1. The normalized spacial score (nSPS) is 10.6. The molecule has 0 fully saturated rings. The highest BCUT2D eigenvalue weighted by Gasteiger charge is 2.05. The third-order valence-corrected chi connectivity index (χ3v) is 2.84. The fourth-order valence-corrected chi connectivity index (χ4v) is 2.23. The van der Waals surface area contributed by atoms with Crippen molar-refractivity contribution in [3.8, 4) is 5.75 Å². The molecule has 0 aliphatic carbocycles. The second-order valence-electron chi connectivity index (χ2n) is 3.55. The highest BCUT2D eigenvalue weighted by Crippen LogP contribution is 2.24. The maximum absolute atomic E-state index is 9.81. The number of phenolic OH excluding ortho intramolecular Hbond substituents is 1. The van der Waals surface area contributed by atoms with Crippen molar-refractivity contribution in [2.24, 2.45) is 5.73 Å². The van der Waals surface area contributed by atoms with Crippen molar-refractivity contribution in [1.29, 1.82) is 0 Å². The summed E-state index contributed by atoms with van der Waals surface area (Å²) in [5.74, 6) is 0.399. The van der Waals surface area contributed by atoms with E-state index < -0.39 is 0 Å². The Labute approximate surface area is 104 Å². The quantitative estimate of drug-likeness (QED) is 0.572. The van der Waals surface area contributed by atoms with Crippen LogP contribution in [0.2, 0.25) is 0 Å². The van der Waals surface area contributed by atoms with E-state index in [0.717, 1.165) is 27.7 Å². The molecule has 0 saturated heterocycles. The lowest BCUT2D eigenvalue weighted by Gasteiger charge is -2.09. The van der Waals surface area contributed by atoms with Crippen LogP contribution in [0.3, 0.4) is 0 Å². The maximum atomic E-state index is 9.81. The molecule has 1 rings (SSSR count). The zero-order valence-electron chi connectivity index (χ0n) is 8.89. The summed E-state index contributed by atoms with van der Waals surface area (Å²) in [7, 11) is 0. The van der Waals surface area contributed by atoms with Gasteiger partial charge < -0.3 is 16.2 Å². The van der Waals surface area contributed by atoms with E-state index in [1.165, 1.54) is 0 Å². The van der Waals surface area contributed by atoms with Crippen molar-refractivity contribution in [2.45, 2.75) is 19.9 Å². The van der Waals surface area contributed by atoms with Crippen LogP contribution in [0.15, 0.2) is 12.1 Å². The number of halogens is 1. The minimum Gasteiger partial charge on any atom is -0.507 e. The number of nitrogens with two attached hydrogens (primary N) is 1. The standard InChI is InChI=1S/C11H17IN2O/c1-8-5-10(12)6-9(11(8)15)7-14-4-2-3-13/h5-6,14-15H,2-4,7,13H2,1H3. The molecule has 3 nitrogen and oxygen atoms in total. The van der Waals surface area contributed by atoms with E-state index in [0.29, 0.717) is 18.8 Å². The first kappa shape index (κ1) is 12.7. The summed E-state index contributed by atoms with van der Waals surface area (Å²) in [6, 6.07) is 3.97. The summed E-state index contributed by atoms with van der Waals surface area (Å²) in [6.07, 6.45) is 0.962. The Kier molecular flexibility index (Phi) is 5.35. The zero-order valence-corrected chi connectivity index (χ0v) is 11.0. The van der Waals surface area contributed by atoms with Gasteiger partial charge in [0.25, 0.3) is 0 Å². The Morgan fingerprint density at radius 1 is 1.47 bits per heavy atom. The van der Waals surface area contributed by atoms with Crippen LogP contribution in [0.1, 0.15) is 17.5 Å². The maximum Gasteiger partial charge on any atom is 0.123 e. The number of benzene rings is 1. The Morgan fingerprint density at radius 3 is 2.87 bits per heavy atom. The molecule has 0 atom stereocenters. The van der Waals surface area contributed by atoms with Crippen LogP contribution in [0, 0.1) is 10.5 Å². The first-order chi connectivity index (χ1) is 7.15. The molecular weight excluding hydrogens is 303 g/mol. The summed E-state index contributed by atoms with van der Waals surface area (Å²) in [5.41, 5.74) is 7.28. The number of hydrogen-bond donors (Lipinski definition) is 3. The van der Waals surface area contributed by atoms with E-state index in [2.05, 4.69) is 27.9 Å². The van der Waals surface area contributed by atoms with Crippen molar-refractivity contribution in [2.75, 3.05) is 13.1 Å². The minimum absolute atomic E-state index is 0.399. The monoisotopic (exact) mass is 320 g/mol. The van der Waals surface area contributed by atoms with Crippen LogP contribution in [0.4, 0.5) is 0 Å². The van der Waals surface area contributed by atoms with Gasteiger partial charge in [-0.25, -0.2) is 0 Å². The lowest BCUT2D eigenvalue weighted by Crippen LogP contribution is -2.17. The highest BCUT2D eigenvalue weighted by atomic mass is 127. The number of aromatic hydroxyl groups is 1. The summed E-state index contributed by atoms with van der Waals surface area (Å²) < 4.78 is 1.15. The van der Waals surface area contributed by atoms with Crippen molar-refractivity contribution < 1.29 is 5.11 Å². The number of aryl methyl sites for hydroxylation is 1. The summed E-state index contributed by atoms with van der Waals surface area (Å²) >= 11 is 2.26. The SMILES string of the molecule is Cc1cc(I)cc(CNCCCN)c1O. The van der Waals surface area contributed by atoms with Gasteiger partial charge in [-0.3, -0.25) is 0 Å². The molecule has 0 aromatic heterocycles. The first-order valence-corrected chi connectivity index (χ1v) is 6.11. The Morgan fingerprint density at radius 2 is 2.20 bits per heavy atom. The Hall–Kier alpha value is -0.330. The van der Waals surface area contributed by atoms with Crippen LogP contribution in [-0.4, -0.2) is 18.2 Å². The van der Waals surface area contributed by atoms with Gasteiger partial charge in [0.05, 0.1) is 0 Å². The summed E-state index contributed by atoms with van der Waals surface area (Å²) in [6.45, 7) is 4.20. The molecule has 0 radical (unpaired) electrons. The second kappa shape index (κ2) is 6.30. The van der Waals surface area contributed by atoms with Crippen molar-refractivity contribution in [3.63, 3.8) is 0 Å². The predicted molar refractivity (Wildman–Crippen MR) is 70.9 cm³/mol. The van der Waals surface area contributed by atoms with Crippen LogP contribution in [0.25, 0.3) is 0 Å². The van der Waals surface area contributed by atoms with Gasteiger partial charge in [0.2, 0.25) is 0 Å². The first-order valence-electron chi connectivity index (χ1n) is 5.04. The van der Waals surface area contributed by atoms with Gasteiger partial charge in [-0.15, -0.1) is 0 Å². The van der Waals surface area contributed by atoms with Crippen LogP contribution in [-0.2, 0) is 6.54 Å². The van der Waals surface area contributed by atoms with Gasteiger partial charge >= 0.3 is 0 Å². The Balaban J connectivity index is 2.60. The van der Waals surface area contributed by atoms with Gasteiger partial charge in [0.15, 0.2) is 0 Å². The molecule has 0 bridgehead atoms. The number of nitrogens with one attached hydrogen (secondary N) is 1. The lowest BCUT2D eigenvalue weighted by molar-refractivity contribution is 0.460. The van der Waals surface area contributed by atoms with Gasteiger partial charge in [0.1, 0.15) is 5.75 Å². The molecule has 0 spiro atoms. The summed E-state index contributed by atoms with van der Waals surface area (Å²) in [5, 5.41) is 13.1. The predicted octanol–water partition coefficient (Wildman–Crippen LogP) is 1.74. The second-order valence-corrected chi connectivity index (χ2v) is 4.80. The van der Waals surface area contributed by atoms with Gasteiger partial charge in [-0.2, -0.15) is 0 Å². The molecular formula is C11H17IN2O. The number of phenols is 1. The van der Waals surface area contributed by atoms with Crippen molar-refractivity contribution >= 4 is 22.6 Å². The molecule has 15 heavy (non-hydrogen) atoms. The molecule has 1 aromatic carbocycles. The van der Waals surface area contributed by atoms with E-state index in [9.17, 15) is 5.11 Å². The van der Waals surface area contributed by atoms with E-state index in [-0.39, 0.29) is 0 Å². The molecule has 4 N–H and O–H groups in total. The average molecular weight is 320 g/mol. The van der Waals surface area contributed by atoms with Gasteiger partial charge in [-0.05, 0) is 66.7 Å². The van der Waals surface area contributed by atoms with Crippen LogP contribution in [0.5, 0.6) is 5.75 Å². The van der Waals surface area contributed by atoms with E-state index in [4.69, 9.17) is 5.73 Å². The fourth-order valence-electron chi connectivity index (χ4n) is 1.39. The largest absolute Gasteiger partial charge is 0.507 e. The minimum atomic E-state index is 0.399. The van der Waals surface area contributed by atoms with Crippen molar-refractivity contribution in [1.82, 2.24) is 5.32 Å². The third kappa shape index (κ3) is 3.96. The number of rotatable bonds is 5. The van der Waals surface area contributed by atoms with Crippen molar-refractivity contribution in [3.05, 3.63) is 26.8 Å². The molecule has 4 heteroatoms. The molecule has 0 heterocycles. The van der Waals surface area contributed by atoms with E-state index in [1.807, 2.05) is 19.1 Å².